The second-order valence-electron chi connectivity index (χ2n) is 8.24. The number of halogens is 1. The van der Waals surface area contributed by atoms with E-state index in [2.05, 4.69) is 45.5 Å². The maximum absolute atomic E-state index is 12.1. The molecule has 0 saturated carbocycles. The summed E-state index contributed by atoms with van der Waals surface area (Å²) in [6, 6.07) is 7.83. The molecule has 2 N–H and O–H groups in total. The van der Waals surface area contributed by atoms with Gasteiger partial charge in [-0.1, -0.05) is 19.1 Å². The SMILES string of the molecule is CN=C(NCCc1cccc(C(=O)N(C)C)c1)NCC(C)CN1CCN(C)CC1.I. The van der Waals surface area contributed by atoms with Crippen molar-refractivity contribution in [1.82, 2.24) is 25.3 Å². The molecule has 1 amide bonds. The Kier molecular flexibility index (Phi) is 12.3. The summed E-state index contributed by atoms with van der Waals surface area (Å²) in [6.45, 7) is 9.70. The molecule has 30 heavy (non-hydrogen) atoms. The first-order valence-electron chi connectivity index (χ1n) is 10.5. The molecule has 1 aromatic rings. The summed E-state index contributed by atoms with van der Waals surface area (Å²) in [7, 11) is 7.54. The number of hydrogen-bond donors (Lipinski definition) is 2. The summed E-state index contributed by atoms with van der Waals surface area (Å²) in [5.41, 5.74) is 1.87. The van der Waals surface area contributed by atoms with Gasteiger partial charge in [0.25, 0.3) is 5.91 Å². The van der Waals surface area contributed by atoms with Crippen LogP contribution in [0, 0.1) is 5.92 Å². The number of hydrogen-bond acceptors (Lipinski definition) is 4. The van der Waals surface area contributed by atoms with E-state index in [-0.39, 0.29) is 29.9 Å². The van der Waals surface area contributed by atoms with Crippen LogP contribution in [0.15, 0.2) is 29.3 Å². The zero-order valence-electron chi connectivity index (χ0n) is 19.1. The van der Waals surface area contributed by atoms with Gasteiger partial charge in [-0.25, -0.2) is 0 Å². The van der Waals surface area contributed by atoms with Gasteiger partial charge < -0.3 is 25.3 Å². The minimum atomic E-state index is 0. The lowest BCUT2D eigenvalue weighted by molar-refractivity contribution is 0.0827. The number of benzene rings is 1. The number of aliphatic imine (C=N–C) groups is 1. The van der Waals surface area contributed by atoms with Crippen molar-refractivity contribution in [2.45, 2.75) is 13.3 Å². The molecule has 1 aromatic carbocycles. The van der Waals surface area contributed by atoms with E-state index in [1.807, 2.05) is 18.2 Å². The van der Waals surface area contributed by atoms with Gasteiger partial charge in [0.05, 0.1) is 0 Å². The first-order valence-corrected chi connectivity index (χ1v) is 10.5. The number of amides is 1. The molecule has 8 heteroatoms. The van der Waals surface area contributed by atoms with Crippen LogP contribution >= 0.6 is 24.0 Å². The van der Waals surface area contributed by atoms with E-state index in [0.717, 1.165) is 69.3 Å². The van der Waals surface area contributed by atoms with Crippen LogP contribution < -0.4 is 10.6 Å². The van der Waals surface area contributed by atoms with Crippen molar-refractivity contribution in [2.24, 2.45) is 10.9 Å². The van der Waals surface area contributed by atoms with Crippen molar-refractivity contribution in [1.29, 1.82) is 0 Å². The van der Waals surface area contributed by atoms with E-state index in [9.17, 15) is 4.79 Å². The molecule has 170 valence electrons. The molecule has 1 heterocycles. The fraction of sp³-hybridized carbons (Fsp3) is 0.636. The third-order valence-corrected chi connectivity index (χ3v) is 5.29. The van der Waals surface area contributed by atoms with Crippen LogP contribution in [0.1, 0.15) is 22.8 Å². The largest absolute Gasteiger partial charge is 0.356 e. The monoisotopic (exact) mass is 530 g/mol. The summed E-state index contributed by atoms with van der Waals surface area (Å²) < 4.78 is 0. The number of carbonyl (C=O) groups is 1. The maximum atomic E-state index is 12.1. The summed E-state index contributed by atoms with van der Waals surface area (Å²) in [6.07, 6.45) is 0.839. The molecule has 0 spiro atoms. The molecule has 0 radical (unpaired) electrons. The molecule has 0 aromatic heterocycles. The molecule has 1 aliphatic heterocycles. The number of likely N-dealkylation sites (N-methyl/N-ethyl adjacent to an activating group) is 1. The van der Waals surface area contributed by atoms with Gasteiger partial charge in [0.2, 0.25) is 0 Å². The zero-order valence-corrected chi connectivity index (χ0v) is 21.5. The van der Waals surface area contributed by atoms with Gasteiger partial charge in [-0.3, -0.25) is 9.79 Å². The molecule has 1 saturated heterocycles. The van der Waals surface area contributed by atoms with E-state index in [4.69, 9.17) is 0 Å². The fourth-order valence-corrected chi connectivity index (χ4v) is 3.47. The molecule has 0 bridgehead atoms. The summed E-state index contributed by atoms with van der Waals surface area (Å²) in [4.78, 5) is 23.0. The number of carbonyl (C=O) groups excluding carboxylic acids is 1. The Morgan fingerprint density at radius 2 is 1.90 bits per heavy atom. The standard InChI is InChI=1S/C22H38N6O.HI/c1-18(17-28-13-11-27(5)12-14-28)16-25-22(23-2)24-10-9-19-7-6-8-20(15-19)21(29)26(3)4;/h6-8,15,18H,9-14,16-17H2,1-5H3,(H2,23,24,25);1H. The maximum Gasteiger partial charge on any atom is 0.253 e. The average Bonchev–Trinajstić information content (AvgIpc) is 2.71. The number of rotatable bonds is 8. The molecule has 1 fully saturated rings. The topological polar surface area (TPSA) is 63.2 Å². The summed E-state index contributed by atoms with van der Waals surface area (Å²) in [5.74, 6) is 1.42. The molecule has 0 aliphatic carbocycles. The van der Waals surface area contributed by atoms with Gasteiger partial charge in [0, 0.05) is 72.5 Å². The van der Waals surface area contributed by atoms with Crippen molar-refractivity contribution in [3.05, 3.63) is 35.4 Å². The van der Waals surface area contributed by atoms with E-state index in [0.29, 0.717) is 5.92 Å². The fourth-order valence-electron chi connectivity index (χ4n) is 3.47. The molecular formula is C22H39IN6O. The first-order chi connectivity index (χ1) is 13.9. The normalized spacial score (nSPS) is 16.5. The summed E-state index contributed by atoms with van der Waals surface area (Å²) in [5, 5.41) is 6.82. The van der Waals surface area contributed by atoms with Crippen molar-refractivity contribution in [2.75, 3.05) is 74.0 Å². The van der Waals surface area contributed by atoms with Crippen molar-refractivity contribution < 1.29 is 4.79 Å². The molecule has 2 rings (SSSR count). The highest BCUT2D eigenvalue weighted by Crippen LogP contribution is 2.08. The highest BCUT2D eigenvalue weighted by Gasteiger charge is 2.16. The van der Waals surface area contributed by atoms with Crippen LogP contribution in [0.3, 0.4) is 0 Å². The van der Waals surface area contributed by atoms with Gasteiger partial charge in [0.1, 0.15) is 0 Å². The number of piperazine rings is 1. The molecule has 1 unspecified atom stereocenters. The minimum Gasteiger partial charge on any atom is -0.356 e. The second-order valence-corrected chi connectivity index (χ2v) is 8.24. The predicted molar refractivity (Wildman–Crippen MR) is 136 cm³/mol. The van der Waals surface area contributed by atoms with Gasteiger partial charge in [-0.2, -0.15) is 0 Å². The quantitative estimate of drug-likeness (QED) is 0.304. The lowest BCUT2D eigenvalue weighted by atomic mass is 10.1. The van der Waals surface area contributed by atoms with Gasteiger partial charge >= 0.3 is 0 Å². The van der Waals surface area contributed by atoms with Crippen molar-refractivity contribution in [3.63, 3.8) is 0 Å². The van der Waals surface area contributed by atoms with Gasteiger partial charge in [-0.05, 0) is 37.1 Å². The lowest BCUT2D eigenvalue weighted by Crippen LogP contribution is -2.47. The Morgan fingerprint density at radius 1 is 1.20 bits per heavy atom. The summed E-state index contributed by atoms with van der Waals surface area (Å²) >= 11 is 0. The van der Waals surface area contributed by atoms with Crippen LogP contribution in [0.2, 0.25) is 0 Å². The number of nitrogens with zero attached hydrogens (tertiary/aromatic N) is 4. The predicted octanol–water partition coefficient (Wildman–Crippen LogP) is 1.60. The lowest BCUT2D eigenvalue weighted by Gasteiger charge is -2.34. The van der Waals surface area contributed by atoms with Crippen LogP contribution in [-0.2, 0) is 6.42 Å². The Morgan fingerprint density at radius 3 is 2.53 bits per heavy atom. The average molecular weight is 530 g/mol. The molecule has 7 nitrogen and oxygen atoms in total. The molecular weight excluding hydrogens is 491 g/mol. The highest BCUT2D eigenvalue weighted by molar-refractivity contribution is 14.0. The van der Waals surface area contributed by atoms with Crippen LogP contribution in [-0.4, -0.2) is 101 Å². The van der Waals surface area contributed by atoms with Gasteiger partial charge in [0.15, 0.2) is 5.96 Å². The zero-order chi connectivity index (χ0) is 21.2. The van der Waals surface area contributed by atoms with Crippen LogP contribution in [0.4, 0.5) is 0 Å². The Balaban J connectivity index is 0.00000450. The number of guanidine groups is 1. The minimum absolute atomic E-state index is 0. The van der Waals surface area contributed by atoms with Crippen LogP contribution in [0.25, 0.3) is 0 Å². The number of nitrogens with one attached hydrogen (secondary N) is 2. The van der Waals surface area contributed by atoms with Crippen molar-refractivity contribution >= 4 is 35.8 Å². The van der Waals surface area contributed by atoms with E-state index >= 15 is 0 Å². The Bertz CT molecular complexity index is 673. The highest BCUT2D eigenvalue weighted by atomic mass is 127. The van der Waals surface area contributed by atoms with Crippen molar-refractivity contribution in [3.8, 4) is 0 Å². The van der Waals surface area contributed by atoms with E-state index < -0.39 is 0 Å². The van der Waals surface area contributed by atoms with Gasteiger partial charge in [-0.15, -0.1) is 24.0 Å². The molecule has 1 atom stereocenters. The Labute approximate surface area is 199 Å². The second kappa shape index (κ2) is 13.8. The Hall–Kier alpha value is -1.39. The first kappa shape index (κ1) is 26.6. The smallest absolute Gasteiger partial charge is 0.253 e. The van der Waals surface area contributed by atoms with E-state index in [1.54, 1.807) is 26.0 Å². The van der Waals surface area contributed by atoms with E-state index in [1.165, 1.54) is 0 Å². The third kappa shape index (κ3) is 9.18. The molecule has 1 aliphatic rings. The van der Waals surface area contributed by atoms with Crippen LogP contribution in [0.5, 0.6) is 0 Å². The third-order valence-electron chi connectivity index (χ3n) is 5.29.